The highest BCUT2D eigenvalue weighted by Gasteiger charge is 2.31. The van der Waals surface area contributed by atoms with Crippen LogP contribution in [0, 0.1) is 6.92 Å². The third kappa shape index (κ3) is 4.13. The predicted molar refractivity (Wildman–Crippen MR) is 108 cm³/mol. The zero-order valence-electron chi connectivity index (χ0n) is 15.1. The van der Waals surface area contributed by atoms with Crippen LogP contribution in [0.2, 0.25) is 5.02 Å². The van der Waals surface area contributed by atoms with Crippen molar-refractivity contribution in [3.05, 3.63) is 39.0 Å². The van der Waals surface area contributed by atoms with E-state index < -0.39 is 15.9 Å². The number of hydrogen-bond acceptors (Lipinski definition) is 5. The van der Waals surface area contributed by atoms with Gasteiger partial charge in [-0.2, -0.15) is 4.31 Å². The van der Waals surface area contributed by atoms with E-state index in [1.807, 2.05) is 6.92 Å². The van der Waals surface area contributed by atoms with Crippen molar-refractivity contribution < 1.29 is 17.9 Å². The van der Waals surface area contributed by atoms with Gasteiger partial charge in [0.15, 0.2) is 0 Å². The second kappa shape index (κ2) is 8.18. The fourth-order valence-electron chi connectivity index (χ4n) is 3.02. The molecule has 27 heavy (non-hydrogen) atoms. The number of sulfonamides is 1. The number of piperidine rings is 1. The van der Waals surface area contributed by atoms with E-state index in [-0.39, 0.29) is 9.77 Å². The summed E-state index contributed by atoms with van der Waals surface area (Å²) >= 11 is 7.20. The molecule has 146 valence electrons. The van der Waals surface area contributed by atoms with E-state index in [4.69, 9.17) is 16.3 Å². The van der Waals surface area contributed by atoms with Crippen molar-refractivity contribution in [2.45, 2.75) is 31.1 Å². The number of thiophene rings is 1. The Morgan fingerprint density at radius 3 is 2.63 bits per heavy atom. The predicted octanol–water partition coefficient (Wildman–Crippen LogP) is 4.15. The molecule has 0 bridgehead atoms. The van der Waals surface area contributed by atoms with Crippen LogP contribution in [0.15, 0.2) is 28.5 Å². The molecule has 1 saturated heterocycles. The molecule has 0 saturated carbocycles. The minimum Gasteiger partial charge on any atom is -0.495 e. The van der Waals surface area contributed by atoms with Crippen molar-refractivity contribution in [1.29, 1.82) is 0 Å². The van der Waals surface area contributed by atoms with E-state index >= 15 is 0 Å². The van der Waals surface area contributed by atoms with Gasteiger partial charge in [-0.3, -0.25) is 4.79 Å². The number of carbonyl (C=O) groups is 1. The molecule has 2 aromatic rings. The van der Waals surface area contributed by atoms with Gasteiger partial charge in [-0.1, -0.05) is 18.0 Å². The van der Waals surface area contributed by atoms with Crippen LogP contribution in [0.5, 0.6) is 5.75 Å². The van der Waals surface area contributed by atoms with Crippen LogP contribution in [0.3, 0.4) is 0 Å². The summed E-state index contributed by atoms with van der Waals surface area (Å²) in [6.45, 7) is 2.79. The van der Waals surface area contributed by atoms with Crippen molar-refractivity contribution in [3.8, 4) is 5.75 Å². The summed E-state index contributed by atoms with van der Waals surface area (Å²) in [7, 11) is -2.21. The Morgan fingerprint density at radius 2 is 1.96 bits per heavy atom. The third-order valence-electron chi connectivity index (χ3n) is 4.50. The number of benzene rings is 1. The fraction of sp³-hybridized carbons (Fsp3) is 0.389. The first-order chi connectivity index (χ1) is 12.8. The van der Waals surface area contributed by atoms with Crippen molar-refractivity contribution in [2.24, 2.45) is 0 Å². The Balaban J connectivity index is 1.90. The zero-order valence-corrected chi connectivity index (χ0v) is 17.5. The van der Waals surface area contributed by atoms with Crippen LogP contribution in [0.4, 0.5) is 5.69 Å². The summed E-state index contributed by atoms with van der Waals surface area (Å²) in [5.74, 6) is -0.0726. The van der Waals surface area contributed by atoms with E-state index in [1.165, 1.54) is 17.5 Å². The lowest BCUT2D eigenvalue weighted by Crippen LogP contribution is -2.36. The molecular weight excluding hydrogens is 408 g/mol. The second-order valence-electron chi connectivity index (χ2n) is 6.33. The van der Waals surface area contributed by atoms with Crippen LogP contribution >= 0.6 is 22.9 Å². The smallest absolute Gasteiger partial charge is 0.267 e. The third-order valence-corrected chi connectivity index (χ3v) is 7.89. The van der Waals surface area contributed by atoms with Gasteiger partial charge < -0.3 is 10.1 Å². The highest BCUT2D eigenvalue weighted by atomic mass is 35.5. The number of nitrogens with zero attached hydrogens (tertiary/aromatic N) is 1. The molecule has 1 aromatic carbocycles. The van der Waals surface area contributed by atoms with Crippen molar-refractivity contribution >= 4 is 44.6 Å². The molecule has 3 rings (SSSR count). The maximum atomic E-state index is 13.0. The summed E-state index contributed by atoms with van der Waals surface area (Å²) in [4.78, 5) is 13.0. The van der Waals surface area contributed by atoms with Gasteiger partial charge in [-0.25, -0.2) is 8.42 Å². The van der Waals surface area contributed by atoms with E-state index in [9.17, 15) is 13.2 Å². The average molecular weight is 429 g/mol. The normalized spacial score (nSPS) is 15.5. The highest BCUT2D eigenvalue weighted by Crippen LogP contribution is 2.33. The van der Waals surface area contributed by atoms with Crippen molar-refractivity contribution in [2.75, 3.05) is 25.5 Å². The van der Waals surface area contributed by atoms with E-state index in [0.29, 0.717) is 29.5 Å². The number of halogens is 1. The molecule has 0 aliphatic carbocycles. The fourth-order valence-corrected chi connectivity index (χ4v) is 5.99. The molecule has 0 radical (unpaired) electrons. The number of hydrogen-bond donors (Lipinski definition) is 1. The number of anilines is 1. The molecule has 1 aliphatic rings. The minimum absolute atomic E-state index is 0.0524. The Hall–Kier alpha value is -1.61. The lowest BCUT2D eigenvalue weighted by molar-refractivity contribution is 0.102. The van der Waals surface area contributed by atoms with Crippen LogP contribution in [0.25, 0.3) is 0 Å². The molecule has 6 nitrogen and oxygen atoms in total. The number of aryl methyl sites for hydroxylation is 1. The summed E-state index contributed by atoms with van der Waals surface area (Å²) < 4.78 is 32.6. The maximum absolute atomic E-state index is 13.0. The van der Waals surface area contributed by atoms with E-state index in [1.54, 1.807) is 17.5 Å². The van der Waals surface area contributed by atoms with Gasteiger partial charge in [-0.05, 0) is 42.8 Å². The summed E-state index contributed by atoms with van der Waals surface area (Å²) in [5.41, 5.74) is 1.22. The molecule has 0 atom stereocenters. The van der Waals surface area contributed by atoms with E-state index in [2.05, 4.69) is 5.32 Å². The van der Waals surface area contributed by atoms with E-state index in [0.717, 1.165) is 36.2 Å². The molecule has 1 fully saturated rings. The van der Waals surface area contributed by atoms with Gasteiger partial charge in [0.05, 0.1) is 12.8 Å². The molecule has 1 amide bonds. The first kappa shape index (κ1) is 20.1. The molecule has 1 N–H and O–H groups in total. The Bertz CT molecular complexity index is 950. The van der Waals surface area contributed by atoms with Gasteiger partial charge >= 0.3 is 0 Å². The molecule has 0 unspecified atom stereocenters. The summed E-state index contributed by atoms with van der Waals surface area (Å²) in [5, 5.41) is 4.90. The summed E-state index contributed by atoms with van der Waals surface area (Å²) in [6.07, 6.45) is 2.71. The van der Waals surface area contributed by atoms with Gasteiger partial charge in [0.1, 0.15) is 15.5 Å². The molecule has 1 aliphatic heterocycles. The SMILES string of the molecule is COc1cc(Cl)c(C)cc1NC(=O)c1sccc1S(=O)(=O)N1CCCCC1. The number of methoxy groups -OCH3 is 1. The second-order valence-corrected chi connectivity index (χ2v) is 9.56. The number of rotatable bonds is 5. The molecule has 1 aromatic heterocycles. The lowest BCUT2D eigenvalue weighted by atomic mass is 10.2. The average Bonchev–Trinajstić information content (AvgIpc) is 3.16. The first-order valence-electron chi connectivity index (χ1n) is 8.57. The lowest BCUT2D eigenvalue weighted by Gasteiger charge is -2.25. The topological polar surface area (TPSA) is 75.7 Å². The van der Waals surface area contributed by atoms with Gasteiger partial charge in [-0.15, -0.1) is 11.3 Å². The highest BCUT2D eigenvalue weighted by molar-refractivity contribution is 7.89. The molecule has 9 heteroatoms. The van der Waals surface area contributed by atoms with Crippen molar-refractivity contribution in [1.82, 2.24) is 4.31 Å². The minimum atomic E-state index is -3.69. The van der Waals surface area contributed by atoms with Crippen LogP contribution < -0.4 is 10.1 Å². The number of carbonyl (C=O) groups excluding carboxylic acids is 1. The molecule has 2 heterocycles. The largest absolute Gasteiger partial charge is 0.495 e. The number of nitrogens with one attached hydrogen (secondary N) is 1. The molecule has 0 spiro atoms. The Kier molecular flexibility index (Phi) is 6.10. The maximum Gasteiger partial charge on any atom is 0.267 e. The van der Waals surface area contributed by atoms with Crippen LogP contribution in [-0.2, 0) is 10.0 Å². The van der Waals surface area contributed by atoms with Gasteiger partial charge in [0.25, 0.3) is 5.91 Å². The van der Waals surface area contributed by atoms with Crippen LogP contribution in [-0.4, -0.2) is 38.8 Å². The molecular formula is C18H21ClN2O4S2. The monoisotopic (exact) mass is 428 g/mol. The van der Waals surface area contributed by atoms with Crippen molar-refractivity contribution in [3.63, 3.8) is 0 Å². The van der Waals surface area contributed by atoms with Crippen LogP contribution in [0.1, 0.15) is 34.5 Å². The zero-order chi connectivity index (χ0) is 19.6. The van der Waals surface area contributed by atoms with Gasteiger partial charge in [0, 0.05) is 24.2 Å². The number of amides is 1. The Labute approximate surface area is 168 Å². The first-order valence-corrected chi connectivity index (χ1v) is 11.3. The Morgan fingerprint density at radius 1 is 1.26 bits per heavy atom. The number of ether oxygens (including phenoxy) is 1. The standard InChI is InChI=1S/C18H21ClN2O4S2/c1-12-10-14(15(25-2)11-13(12)19)20-18(22)17-16(6-9-26-17)27(23,24)21-7-4-3-5-8-21/h6,9-11H,3-5,7-8H2,1-2H3,(H,20,22). The quantitative estimate of drug-likeness (QED) is 0.776. The van der Waals surface area contributed by atoms with Gasteiger partial charge in [0.2, 0.25) is 10.0 Å². The summed E-state index contributed by atoms with van der Waals surface area (Å²) in [6, 6.07) is 4.81.